The van der Waals surface area contributed by atoms with Gasteiger partial charge in [-0.05, 0) is 12.8 Å². The standard InChI is InChI=1S/C8H18O2.C6H14O4/c1-3-5-9-7-8-10-6-4-2;7-1-3-9-5-6-10-4-2-8/h3-8H2,1-2H3;7-8H,1-6H2. The van der Waals surface area contributed by atoms with Crippen LogP contribution in [0.15, 0.2) is 0 Å². The van der Waals surface area contributed by atoms with E-state index < -0.39 is 0 Å². The van der Waals surface area contributed by atoms with Crippen LogP contribution in [0, 0.1) is 0 Å². The smallest absolute Gasteiger partial charge is 0.0701 e. The first kappa shape index (κ1) is 22.0. The second-order valence-corrected chi connectivity index (χ2v) is 3.90. The van der Waals surface area contributed by atoms with Crippen LogP contribution < -0.4 is 0 Å². The van der Waals surface area contributed by atoms with E-state index in [0.29, 0.717) is 26.4 Å². The van der Waals surface area contributed by atoms with Crippen LogP contribution in [-0.2, 0) is 18.9 Å². The molecule has 0 aliphatic heterocycles. The van der Waals surface area contributed by atoms with Crippen LogP contribution in [0.4, 0.5) is 0 Å². The third-order valence-electron chi connectivity index (χ3n) is 1.91. The van der Waals surface area contributed by atoms with Crippen LogP contribution in [0.3, 0.4) is 0 Å². The van der Waals surface area contributed by atoms with Crippen molar-refractivity contribution >= 4 is 0 Å². The van der Waals surface area contributed by atoms with Crippen molar-refractivity contribution in [1.82, 2.24) is 0 Å². The summed E-state index contributed by atoms with van der Waals surface area (Å²) in [5, 5.41) is 16.5. The molecule has 20 heavy (non-hydrogen) atoms. The first-order valence-electron chi connectivity index (χ1n) is 7.36. The van der Waals surface area contributed by atoms with Crippen molar-refractivity contribution in [2.75, 3.05) is 66.1 Å². The number of ether oxygens (including phenoxy) is 4. The highest BCUT2D eigenvalue weighted by molar-refractivity contribution is 4.31. The Morgan fingerprint density at radius 2 is 0.800 bits per heavy atom. The molecule has 0 heterocycles. The van der Waals surface area contributed by atoms with Gasteiger partial charge in [-0.25, -0.2) is 0 Å². The highest BCUT2D eigenvalue weighted by Crippen LogP contribution is 1.83. The van der Waals surface area contributed by atoms with Crippen molar-refractivity contribution in [3.05, 3.63) is 0 Å². The van der Waals surface area contributed by atoms with Gasteiger partial charge in [-0.1, -0.05) is 13.8 Å². The van der Waals surface area contributed by atoms with E-state index in [1.54, 1.807) is 0 Å². The fourth-order valence-corrected chi connectivity index (χ4v) is 1.06. The van der Waals surface area contributed by atoms with E-state index in [-0.39, 0.29) is 13.2 Å². The summed E-state index contributed by atoms with van der Waals surface area (Å²) < 4.78 is 20.2. The molecule has 6 heteroatoms. The van der Waals surface area contributed by atoms with Gasteiger partial charge in [0, 0.05) is 13.2 Å². The van der Waals surface area contributed by atoms with Crippen molar-refractivity contribution in [1.29, 1.82) is 0 Å². The van der Waals surface area contributed by atoms with Gasteiger partial charge >= 0.3 is 0 Å². The maximum Gasteiger partial charge on any atom is 0.0701 e. The summed E-state index contributed by atoms with van der Waals surface area (Å²) in [6.45, 7) is 9.14. The number of rotatable bonds is 14. The Kier molecular flexibility index (Phi) is 26.3. The minimum absolute atomic E-state index is 0.0417. The van der Waals surface area contributed by atoms with Gasteiger partial charge in [-0.2, -0.15) is 0 Å². The molecule has 0 spiro atoms. The molecule has 0 aromatic heterocycles. The lowest BCUT2D eigenvalue weighted by Crippen LogP contribution is -2.09. The first-order chi connectivity index (χ1) is 9.83. The molecule has 0 aliphatic carbocycles. The van der Waals surface area contributed by atoms with Crippen LogP contribution >= 0.6 is 0 Å². The summed E-state index contributed by atoms with van der Waals surface area (Å²) >= 11 is 0. The van der Waals surface area contributed by atoms with Crippen molar-refractivity contribution in [2.24, 2.45) is 0 Å². The number of hydrogen-bond donors (Lipinski definition) is 2. The molecule has 0 atom stereocenters. The first-order valence-corrected chi connectivity index (χ1v) is 7.36. The Balaban J connectivity index is 0. The highest BCUT2D eigenvalue weighted by atomic mass is 16.5. The minimum Gasteiger partial charge on any atom is -0.394 e. The second kappa shape index (κ2) is 23.8. The van der Waals surface area contributed by atoms with Gasteiger partial charge in [0.2, 0.25) is 0 Å². The normalized spacial score (nSPS) is 10.2. The fraction of sp³-hybridized carbons (Fsp3) is 1.00. The molecule has 124 valence electrons. The number of hydrogen-bond acceptors (Lipinski definition) is 6. The molecule has 0 aliphatic rings. The van der Waals surface area contributed by atoms with Gasteiger partial charge in [0.1, 0.15) is 0 Å². The Hall–Kier alpha value is -0.240. The van der Waals surface area contributed by atoms with E-state index in [4.69, 9.17) is 29.2 Å². The zero-order valence-electron chi connectivity index (χ0n) is 13.0. The lowest BCUT2D eigenvalue weighted by Gasteiger charge is -2.02. The topological polar surface area (TPSA) is 77.4 Å². The van der Waals surface area contributed by atoms with Gasteiger partial charge in [0.25, 0.3) is 0 Å². The summed E-state index contributed by atoms with van der Waals surface area (Å²) in [5.74, 6) is 0. The monoisotopic (exact) mass is 296 g/mol. The summed E-state index contributed by atoms with van der Waals surface area (Å²) in [5.41, 5.74) is 0. The largest absolute Gasteiger partial charge is 0.394 e. The fourth-order valence-electron chi connectivity index (χ4n) is 1.06. The molecule has 0 fully saturated rings. The minimum atomic E-state index is 0.0417. The molecule has 2 N–H and O–H groups in total. The molecule has 0 unspecified atom stereocenters. The molecular weight excluding hydrogens is 264 g/mol. The van der Waals surface area contributed by atoms with E-state index in [1.807, 2.05) is 0 Å². The van der Waals surface area contributed by atoms with Crippen LogP contribution in [0.2, 0.25) is 0 Å². The highest BCUT2D eigenvalue weighted by Gasteiger charge is 1.87. The van der Waals surface area contributed by atoms with E-state index in [2.05, 4.69) is 13.8 Å². The lowest BCUT2D eigenvalue weighted by atomic mass is 10.5. The van der Waals surface area contributed by atoms with E-state index in [1.165, 1.54) is 0 Å². The molecule has 0 radical (unpaired) electrons. The zero-order valence-corrected chi connectivity index (χ0v) is 13.0. The predicted octanol–water partition coefficient (Wildman–Crippen LogP) is 0.844. The zero-order chi connectivity index (χ0) is 15.3. The summed E-state index contributed by atoms with van der Waals surface area (Å²) in [7, 11) is 0. The van der Waals surface area contributed by atoms with Crippen molar-refractivity contribution in [3.8, 4) is 0 Å². The Bertz CT molecular complexity index is 114. The quantitative estimate of drug-likeness (QED) is 0.463. The third kappa shape index (κ3) is 26.3. The predicted molar refractivity (Wildman–Crippen MR) is 78.0 cm³/mol. The summed E-state index contributed by atoms with van der Waals surface area (Å²) in [6, 6.07) is 0. The summed E-state index contributed by atoms with van der Waals surface area (Å²) in [4.78, 5) is 0. The van der Waals surface area contributed by atoms with E-state index in [9.17, 15) is 0 Å². The number of aliphatic hydroxyl groups is 2. The molecule has 0 aromatic carbocycles. The molecule has 0 amide bonds. The van der Waals surface area contributed by atoms with Crippen LogP contribution in [0.25, 0.3) is 0 Å². The van der Waals surface area contributed by atoms with Crippen LogP contribution in [0.1, 0.15) is 26.7 Å². The Morgan fingerprint density at radius 1 is 0.500 bits per heavy atom. The van der Waals surface area contributed by atoms with Crippen molar-refractivity contribution in [3.63, 3.8) is 0 Å². The molecule has 0 aromatic rings. The molecule has 0 bridgehead atoms. The maximum absolute atomic E-state index is 8.26. The second-order valence-electron chi connectivity index (χ2n) is 3.90. The SMILES string of the molecule is CCCOCCOCCC.OCCOCCOCCO. The average molecular weight is 296 g/mol. The Morgan fingerprint density at radius 3 is 1.05 bits per heavy atom. The Labute approximate surface area is 123 Å². The summed E-state index contributed by atoms with van der Waals surface area (Å²) in [6.07, 6.45) is 2.18. The van der Waals surface area contributed by atoms with Crippen molar-refractivity contribution in [2.45, 2.75) is 26.7 Å². The van der Waals surface area contributed by atoms with Gasteiger partial charge < -0.3 is 29.2 Å². The van der Waals surface area contributed by atoms with E-state index in [0.717, 1.165) is 39.3 Å². The van der Waals surface area contributed by atoms with Gasteiger partial charge in [0.15, 0.2) is 0 Å². The maximum atomic E-state index is 8.26. The molecule has 6 nitrogen and oxygen atoms in total. The molecule has 0 rings (SSSR count). The van der Waals surface area contributed by atoms with Gasteiger partial charge in [-0.3, -0.25) is 0 Å². The third-order valence-corrected chi connectivity index (χ3v) is 1.91. The average Bonchev–Trinajstić information content (AvgIpc) is 2.47. The van der Waals surface area contributed by atoms with Gasteiger partial charge in [0.05, 0.1) is 52.9 Å². The lowest BCUT2D eigenvalue weighted by molar-refractivity contribution is 0.0222. The molecular formula is C14H32O6. The number of aliphatic hydroxyl groups excluding tert-OH is 2. The van der Waals surface area contributed by atoms with Gasteiger partial charge in [-0.15, -0.1) is 0 Å². The molecule has 0 saturated carbocycles. The van der Waals surface area contributed by atoms with Crippen LogP contribution in [0.5, 0.6) is 0 Å². The van der Waals surface area contributed by atoms with Crippen molar-refractivity contribution < 1.29 is 29.2 Å². The van der Waals surface area contributed by atoms with Crippen LogP contribution in [-0.4, -0.2) is 76.3 Å². The van der Waals surface area contributed by atoms with E-state index >= 15 is 0 Å². The molecule has 0 saturated heterocycles.